The van der Waals surface area contributed by atoms with Gasteiger partial charge in [0.25, 0.3) is 10.0 Å². The van der Waals surface area contributed by atoms with Crippen LogP contribution in [-0.2, 0) is 26.0 Å². The number of sulfonamides is 1. The standard InChI is InChI=1S/C18H16N4O4S/c1-26-18(23)16(12-19)21-20-14-6-8-15(9-7-14)27(24,25)22-11-10-13-4-2-3-5-17(13)22/h2-9,20H,10-11H2,1H3. The Morgan fingerprint density at radius 3 is 2.59 bits per heavy atom. The third-order valence-corrected chi connectivity index (χ3v) is 5.90. The highest BCUT2D eigenvalue weighted by Crippen LogP contribution is 2.32. The number of anilines is 2. The number of hydrazone groups is 1. The highest BCUT2D eigenvalue weighted by molar-refractivity contribution is 7.92. The van der Waals surface area contributed by atoms with Crippen molar-refractivity contribution < 1.29 is 17.9 Å². The molecule has 0 saturated carbocycles. The first kappa shape index (κ1) is 18.4. The van der Waals surface area contributed by atoms with Gasteiger partial charge in [0.2, 0.25) is 5.71 Å². The number of hydrogen-bond acceptors (Lipinski definition) is 7. The van der Waals surface area contributed by atoms with Crippen molar-refractivity contribution in [1.29, 1.82) is 5.26 Å². The molecule has 1 N–H and O–H groups in total. The van der Waals surface area contributed by atoms with Crippen molar-refractivity contribution in [3.05, 3.63) is 54.1 Å². The van der Waals surface area contributed by atoms with Crippen LogP contribution in [0.15, 0.2) is 58.5 Å². The van der Waals surface area contributed by atoms with Gasteiger partial charge in [-0.1, -0.05) is 18.2 Å². The molecule has 0 spiro atoms. The molecule has 8 nitrogen and oxygen atoms in total. The van der Waals surface area contributed by atoms with Crippen molar-refractivity contribution in [2.24, 2.45) is 5.10 Å². The fraction of sp³-hybridized carbons (Fsp3) is 0.167. The predicted molar refractivity (Wildman–Crippen MR) is 99.8 cm³/mol. The Balaban J connectivity index is 1.81. The van der Waals surface area contributed by atoms with Gasteiger partial charge in [0.1, 0.15) is 6.07 Å². The highest BCUT2D eigenvalue weighted by Gasteiger charge is 2.30. The summed E-state index contributed by atoms with van der Waals surface area (Å²) in [5.41, 5.74) is 4.21. The van der Waals surface area contributed by atoms with Gasteiger partial charge < -0.3 is 4.74 Å². The molecular weight excluding hydrogens is 368 g/mol. The molecule has 1 aliphatic rings. The average Bonchev–Trinajstić information content (AvgIpc) is 3.13. The summed E-state index contributed by atoms with van der Waals surface area (Å²) < 4.78 is 31.7. The Bertz CT molecular complexity index is 1040. The second kappa shape index (κ2) is 7.47. The number of benzene rings is 2. The van der Waals surface area contributed by atoms with Crippen LogP contribution >= 0.6 is 0 Å². The molecule has 1 heterocycles. The van der Waals surface area contributed by atoms with Crippen molar-refractivity contribution in [2.45, 2.75) is 11.3 Å². The van der Waals surface area contributed by atoms with Crippen molar-refractivity contribution in [3.63, 3.8) is 0 Å². The Morgan fingerprint density at radius 1 is 1.22 bits per heavy atom. The lowest BCUT2D eigenvalue weighted by molar-refractivity contribution is -0.132. The van der Waals surface area contributed by atoms with Gasteiger partial charge in [-0.05, 0) is 42.3 Å². The lowest BCUT2D eigenvalue weighted by Gasteiger charge is -2.19. The molecule has 138 valence electrons. The molecule has 0 amide bonds. The lowest BCUT2D eigenvalue weighted by Crippen LogP contribution is -2.29. The number of ether oxygens (including phenoxy) is 1. The molecule has 2 aromatic carbocycles. The smallest absolute Gasteiger partial charge is 0.369 e. The summed E-state index contributed by atoms with van der Waals surface area (Å²) in [6.07, 6.45) is 0.675. The van der Waals surface area contributed by atoms with Crippen LogP contribution in [0.2, 0.25) is 0 Å². The maximum absolute atomic E-state index is 12.9. The zero-order chi connectivity index (χ0) is 19.4. The van der Waals surface area contributed by atoms with E-state index in [2.05, 4.69) is 15.3 Å². The molecule has 9 heteroatoms. The number of hydrogen-bond donors (Lipinski definition) is 1. The van der Waals surface area contributed by atoms with Crippen LogP contribution in [0, 0.1) is 11.3 Å². The van der Waals surface area contributed by atoms with E-state index in [0.29, 0.717) is 24.3 Å². The van der Waals surface area contributed by atoms with Gasteiger partial charge in [-0.15, -0.1) is 0 Å². The molecule has 0 aliphatic carbocycles. The molecule has 3 rings (SSSR count). The van der Waals surface area contributed by atoms with Crippen LogP contribution in [0.1, 0.15) is 5.56 Å². The number of methoxy groups -OCH3 is 1. The summed E-state index contributed by atoms with van der Waals surface area (Å²) >= 11 is 0. The predicted octanol–water partition coefficient (Wildman–Crippen LogP) is 1.90. The van der Waals surface area contributed by atoms with Crippen LogP contribution in [-0.4, -0.2) is 33.8 Å². The van der Waals surface area contributed by atoms with E-state index in [-0.39, 0.29) is 4.90 Å². The summed E-state index contributed by atoms with van der Waals surface area (Å²) in [4.78, 5) is 11.4. The Hall–Kier alpha value is -3.38. The molecule has 0 atom stereocenters. The van der Waals surface area contributed by atoms with Crippen molar-refractivity contribution in [1.82, 2.24) is 0 Å². The topological polar surface area (TPSA) is 112 Å². The first-order chi connectivity index (χ1) is 13.0. The first-order valence-electron chi connectivity index (χ1n) is 8.00. The van der Waals surface area contributed by atoms with Gasteiger partial charge in [-0.3, -0.25) is 9.73 Å². The van der Waals surface area contributed by atoms with Gasteiger partial charge in [-0.25, -0.2) is 13.2 Å². The van der Waals surface area contributed by atoms with Crippen molar-refractivity contribution in [2.75, 3.05) is 23.4 Å². The number of nitriles is 1. The second-order valence-electron chi connectivity index (χ2n) is 5.66. The molecular formula is C18H16N4O4S. The Labute approximate surface area is 156 Å². The van der Waals surface area contributed by atoms with E-state index < -0.39 is 21.7 Å². The number of rotatable bonds is 5. The van der Waals surface area contributed by atoms with E-state index in [9.17, 15) is 13.2 Å². The highest BCUT2D eigenvalue weighted by atomic mass is 32.2. The number of nitrogens with one attached hydrogen (secondary N) is 1. The van der Waals surface area contributed by atoms with Crippen LogP contribution in [0.3, 0.4) is 0 Å². The van der Waals surface area contributed by atoms with Gasteiger partial charge in [0, 0.05) is 6.54 Å². The van der Waals surface area contributed by atoms with Crippen LogP contribution in [0.25, 0.3) is 0 Å². The first-order valence-corrected chi connectivity index (χ1v) is 9.44. The van der Waals surface area contributed by atoms with Crippen molar-refractivity contribution >= 4 is 33.1 Å². The number of carbonyl (C=O) groups excluding carboxylic acids is 1. The number of carbonyl (C=O) groups is 1. The number of esters is 1. The molecule has 0 aromatic heterocycles. The maximum atomic E-state index is 12.9. The zero-order valence-electron chi connectivity index (χ0n) is 14.4. The molecule has 27 heavy (non-hydrogen) atoms. The Morgan fingerprint density at radius 2 is 1.93 bits per heavy atom. The fourth-order valence-electron chi connectivity index (χ4n) is 2.72. The van der Waals surface area contributed by atoms with Crippen LogP contribution in [0.5, 0.6) is 0 Å². The van der Waals surface area contributed by atoms with E-state index in [4.69, 9.17) is 5.26 Å². The van der Waals surface area contributed by atoms with Gasteiger partial charge in [0.05, 0.1) is 23.4 Å². The number of nitrogens with zero attached hydrogens (tertiary/aromatic N) is 3. The summed E-state index contributed by atoms with van der Waals surface area (Å²) in [6.45, 7) is 0.399. The van der Waals surface area contributed by atoms with Gasteiger partial charge >= 0.3 is 5.97 Å². The normalized spacial score (nSPS) is 13.6. The minimum absolute atomic E-state index is 0.141. The molecule has 1 aliphatic heterocycles. The van der Waals surface area contributed by atoms with E-state index in [0.717, 1.165) is 12.7 Å². The fourth-order valence-corrected chi connectivity index (χ4v) is 4.22. The summed E-state index contributed by atoms with van der Waals surface area (Å²) in [5, 5.41) is 12.5. The molecule has 0 bridgehead atoms. The van der Waals surface area contributed by atoms with Gasteiger partial charge in [0.15, 0.2) is 0 Å². The molecule has 2 aromatic rings. The minimum atomic E-state index is -3.68. The summed E-state index contributed by atoms with van der Waals surface area (Å²) in [5.74, 6) is -0.864. The average molecular weight is 384 g/mol. The summed E-state index contributed by atoms with van der Waals surface area (Å²) in [7, 11) is -2.53. The van der Waals surface area contributed by atoms with Crippen LogP contribution in [0.4, 0.5) is 11.4 Å². The van der Waals surface area contributed by atoms with E-state index in [1.54, 1.807) is 12.1 Å². The molecule has 0 radical (unpaired) electrons. The lowest BCUT2D eigenvalue weighted by atomic mass is 10.2. The van der Waals surface area contributed by atoms with E-state index in [1.807, 2.05) is 18.2 Å². The molecule has 0 unspecified atom stereocenters. The van der Waals surface area contributed by atoms with Gasteiger partial charge in [-0.2, -0.15) is 10.4 Å². The molecule has 0 fully saturated rings. The SMILES string of the molecule is COC(=O)C(C#N)=NNc1ccc(S(=O)(=O)N2CCc3ccccc32)cc1. The number of fused-ring (bicyclic) bond motifs is 1. The third kappa shape index (κ3) is 3.61. The largest absolute Gasteiger partial charge is 0.464 e. The zero-order valence-corrected chi connectivity index (χ0v) is 15.2. The monoisotopic (exact) mass is 384 g/mol. The molecule has 0 saturated heterocycles. The quantitative estimate of drug-likeness (QED) is 0.479. The van der Waals surface area contributed by atoms with E-state index in [1.165, 1.54) is 28.6 Å². The van der Waals surface area contributed by atoms with E-state index >= 15 is 0 Å². The van der Waals surface area contributed by atoms with Crippen molar-refractivity contribution in [3.8, 4) is 6.07 Å². The number of para-hydroxylation sites is 1. The van der Waals surface area contributed by atoms with Crippen LogP contribution < -0.4 is 9.73 Å². The maximum Gasteiger partial charge on any atom is 0.369 e. The third-order valence-electron chi connectivity index (χ3n) is 4.07. The Kier molecular flexibility index (Phi) is 5.09. The summed E-state index contributed by atoms with van der Waals surface area (Å²) in [6, 6.07) is 14.9. The minimum Gasteiger partial charge on any atom is -0.464 e. The second-order valence-corrected chi connectivity index (χ2v) is 7.52.